The van der Waals surface area contributed by atoms with Crippen LogP contribution in [0.4, 0.5) is 0 Å². The number of rotatable bonds is 21. The fourth-order valence-electron chi connectivity index (χ4n) is 5.11. The van der Waals surface area contributed by atoms with Crippen molar-refractivity contribution in [1.29, 1.82) is 5.41 Å². The average Bonchev–Trinajstić information content (AvgIpc) is 3.07. The molecule has 0 saturated heterocycles. The van der Waals surface area contributed by atoms with Crippen LogP contribution >= 0.6 is 0 Å². The zero-order valence-electron chi connectivity index (χ0n) is 29.2. The van der Waals surface area contributed by atoms with E-state index in [4.69, 9.17) is 16.9 Å². The SMILES string of the molecule is CCC(C)C(NC(=O)C(CC(C)C)NC(=O)C(Cc1ccccc1)NC(=O)Cc1ccncc1)C(=O)C(=O)NC(CCCNC(=N)N)C(N)=O. The average molecular weight is 694 g/mol. The summed E-state index contributed by atoms with van der Waals surface area (Å²) in [6.45, 7) is 7.47. The number of aromatic nitrogens is 1. The predicted octanol–water partition coefficient (Wildman–Crippen LogP) is 0.216. The summed E-state index contributed by atoms with van der Waals surface area (Å²) in [5.41, 5.74) is 12.2. The zero-order valence-corrected chi connectivity index (χ0v) is 29.2. The number of nitrogens with one attached hydrogen (secondary N) is 6. The molecule has 5 atom stereocenters. The number of nitrogens with two attached hydrogens (primary N) is 2. The van der Waals surface area contributed by atoms with Gasteiger partial charge in [0.2, 0.25) is 29.4 Å². The molecule has 0 saturated carbocycles. The van der Waals surface area contributed by atoms with Crippen molar-refractivity contribution in [3.05, 3.63) is 66.0 Å². The van der Waals surface area contributed by atoms with Crippen LogP contribution in [0.15, 0.2) is 54.9 Å². The quantitative estimate of drug-likeness (QED) is 0.0385. The molecule has 5 amide bonds. The van der Waals surface area contributed by atoms with Crippen LogP contribution in [0.3, 0.4) is 0 Å². The number of carbonyl (C=O) groups is 6. The number of hydrogen-bond donors (Lipinski definition) is 8. The molecule has 0 aliphatic heterocycles. The summed E-state index contributed by atoms with van der Waals surface area (Å²) in [7, 11) is 0. The summed E-state index contributed by atoms with van der Waals surface area (Å²) in [5.74, 6) is -5.38. The van der Waals surface area contributed by atoms with Crippen molar-refractivity contribution >= 4 is 41.3 Å². The molecule has 0 spiro atoms. The van der Waals surface area contributed by atoms with E-state index in [2.05, 4.69) is 31.6 Å². The molecule has 1 aromatic carbocycles. The van der Waals surface area contributed by atoms with Crippen molar-refractivity contribution in [3.63, 3.8) is 0 Å². The molecule has 1 aromatic heterocycles. The molecule has 0 radical (unpaired) electrons. The van der Waals surface area contributed by atoms with E-state index in [0.29, 0.717) is 18.4 Å². The minimum absolute atomic E-state index is 0.0175. The number of ketones is 1. The summed E-state index contributed by atoms with van der Waals surface area (Å²) in [6, 6.07) is 7.95. The lowest BCUT2D eigenvalue weighted by atomic mass is 9.93. The van der Waals surface area contributed by atoms with Crippen LogP contribution < -0.4 is 38.1 Å². The minimum atomic E-state index is -1.27. The molecule has 2 rings (SSSR count). The lowest BCUT2D eigenvalue weighted by molar-refractivity contribution is -0.142. The Morgan fingerprint density at radius 1 is 0.800 bits per heavy atom. The van der Waals surface area contributed by atoms with Crippen molar-refractivity contribution < 1.29 is 28.8 Å². The number of primary amides is 1. The molecule has 0 aliphatic carbocycles. The molecule has 1 heterocycles. The third-order valence-corrected chi connectivity index (χ3v) is 8.04. The number of amides is 5. The summed E-state index contributed by atoms with van der Waals surface area (Å²) in [6.07, 6.45) is 4.34. The van der Waals surface area contributed by atoms with Gasteiger partial charge in [-0.2, -0.15) is 0 Å². The summed E-state index contributed by atoms with van der Waals surface area (Å²) < 4.78 is 0. The zero-order chi connectivity index (χ0) is 37.2. The van der Waals surface area contributed by atoms with Gasteiger partial charge in [-0.15, -0.1) is 0 Å². The highest BCUT2D eigenvalue weighted by molar-refractivity contribution is 6.39. The fraction of sp³-hybridized carbons (Fsp3) is 0.486. The van der Waals surface area contributed by atoms with Crippen molar-refractivity contribution in [2.45, 2.75) is 90.4 Å². The van der Waals surface area contributed by atoms with Crippen molar-refractivity contribution in [1.82, 2.24) is 31.6 Å². The third kappa shape index (κ3) is 14.4. The number of guanidine groups is 1. The summed E-state index contributed by atoms with van der Waals surface area (Å²) in [5, 5.41) is 20.4. The number of hydrogen-bond acceptors (Lipinski definition) is 8. The lowest BCUT2D eigenvalue weighted by Crippen LogP contribution is -2.59. The van der Waals surface area contributed by atoms with E-state index in [1.54, 1.807) is 38.4 Å². The first kappa shape index (κ1) is 40.8. The fourth-order valence-corrected chi connectivity index (χ4v) is 5.11. The Kier molecular flexibility index (Phi) is 17.1. The van der Waals surface area contributed by atoms with Crippen molar-refractivity contribution in [3.8, 4) is 0 Å². The van der Waals surface area contributed by atoms with Crippen LogP contribution in [-0.2, 0) is 41.6 Å². The summed E-state index contributed by atoms with van der Waals surface area (Å²) in [4.78, 5) is 83.0. The lowest BCUT2D eigenvalue weighted by Gasteiger charge is -2.28. The first-order chi connectivity index (χ1) is 23.7. The maximum Gasteiger partial charge on any atom is 0.290 e. The third-order valence-electron chi connectivity index (χ3n) is 8.04. The Morgan fingerprint density at radius 2 is 1.44 bits per heavy atom. The molecular weight excluding hydrogens is 642 g/mol. The van der Waals surface area contributed by atoms with E-state index in [-0.39, 0.29) is 44.1 Å². The van der Waals surface area contributed by atoms with E-state index >= 15 is 0 Å². The van der Waals surface area contributed by atoms with E-state index < -0.39 is 65.4 Å². The van der Waals surface area contributed by atoms with Crippen LogP contribution in [0, 0.1) is 17.2 Å². The number of Topliss-reactive ketones (excluding diaryl/α,β-unsaturated/α-hetero) is 1. The van der Waals surface area contributed by atoms with E-state index in [0.717, 1.165) is 5.56 Å². The Bertz CT molecular complexity index is 1460. The highest BCUT2D eigenvalue weighted by Gasteiger charge is 2.35. The van der Waals surface area contributed by atoms with Gasteiger partial charge >= 0.3 is 0 Å². The molecule has 5 unspecified atom stereocenters. The molecule has 272 valence electrons. The smallest absolute Gasteiger partial charge is 0.290 e. The monoisotopic (exact) mass is 693 g/mol. The van der Waals surface area contributed by atoms with Gasteiger partial charge in [0.15, 0.2) is 5.96 Å². The Balaban J connectivity index is 2.23. The van der Waals surface area contributed by atoms with Crippen LogP contribution in [0.25, 0.3) is 0 Å². The van der Waals surface area contributed by atoms with Gasteiger partial charge in [0, 0.05) is 25.4 Å². The topological polar surface area (TPSA) is 251 Å². The van der Waals surface area contributed by atoms with Gasteiger partial charge in [-0.05, 0) is 54.4 Å². The molecule has 0 bridgehead atoms. The van der Waals surface area contributed by atoms with E-state index in [1.807, 2.05) is 44.2 Å². The van der Waals surface area contributed by atoms with Gasteiger partial charge in [-0.25, -0.2) is 0 Å². The van der Waals surface area contributed by atoms with Gasteiger partial charge in [0.25, 0.3) is 5.91 Å². The molecule has 2 aromatic rings. The van der Waals surface area contributed by atoms with Crippen molar-refractivity contribution in [2.24, 2.45) is 23.3 Å². The van der Waals surface area contributed by atoms with Crippen LogP contribution in [-0.4, -0.2) is 77.0 Å². The van der Waals surface area contributed by atoms with Gasteiger partial charge < -0.3 is 38.1 Å². The maximum absolute atomic E-state index is 13.8. The number of carbonyl (C=O) groups excluding carboxylic acids is 6. The Morgan fingerprint density at radius 3 is 2.02 bits per heavy atom. The normalized spacial score (nSPS) is 13.9. The largest absolute Gasteiger partial charge is 0.370 e. The van der Waals surface area contributed by atoms with Gasteiger partial charge in [-0.3, -0.25) is 39.2 Å². The van der Waals surface area contributed by atoms with E-state index in [1.165, 1.54) is 0 Å². The molecular formula is C35H51N9O6. The predicted molar refractivity (Wildman–Crippen MR) is 188 cm³/mol. The van der Waals surface area contributed by atoms with Crippen LogP contribution in [0.2, 0.25) is 0 Å². The molecule has 15 nitrogen and oxygen atoms in total. The van der Waals surface area contributed by atoms with Gasteiger partial charge in [0.05, 0.1) is 12.5 Å². The second-order valence-electron chi connectivity index (χ2n) is 12.7. The molecule has 50 heavy (non-hydrogen) atoms. The summed E-state index contributed by atoms with van der Waals surface area (Å²) >= 11 is 0. The first-order valence-electron chi connectivity index (χ1n) is 16.8. The number of pyridine rings is 1. The van der Waals surface area contributed by atoms with E-state index in [9.17, 15) is 28.8 Å². The standard InChI is InChI=1S/C35H51N9O6/c1-5-22(4)29(30(46)34(50)42-25(31(36)47)12-9-15-40-35(37)38)44-33(49)26(18-21(2)3)43-32(48)27(19-23-10-7-6-8-11-23)41-28(45)20-24-13-16-39-17-14-24/h6-8,10-11,13-14,16-17,21-22,25-27,29H,5,9,12,15,18-20H2,1-4H3,(H2,36,47)(H,41,45)(H,42,50)(H,43,48)(H,44,49)(H4,37,38,40). The molecule has 0 fully saturated rings. The minimum Gasteiger partial charge on any atom is -0.370 e. The number of benzene rings is 1. The molecule has 15 heteroatoms. The van der Waals surface area contributed by atoms with Crippen molar-refractivity contribution in [2.75, 3.05) is 6.54 Å². The number of nitrogens with zero attached hydrogens (tertiary/aromatic N) is 1. The van der Waals surface area contributed by atoms with Crippen LogP contribution in [0.5, 0.6) is 0 Å². The second-order valence-corrected chi connectivity index (χ2v) is 12.7. The van der Waals surface area contributed by atoms with Gasteiger partial charge in [0.1, 0.15) is 18.1 Å². The first-order valence-corrected chi connectivity index (χ1v) is 16.8. The maximum atomic E-state index is 13.8. The molecule has 0 aliphatic rings. The molecule has 10 N–H and O–H groups in total. The second kappa shape index (κ2) is 20.9. The van der Waals surface area contributed by atoms with Gasteiger partial charge in [-0.1, -0.05) is 64.4 Å². The highest BCUT2D eigenvalue weighted by atomic mass is 16.2. The van der Waals surface area contributed by atoms with Crippen LogP contribution in [0.1, 0.15) is 64.5 Å². The Hall–Kier alpha value is -5.34. The highest BCUT2D eigenvalue weighted by Crippen LogP contribution is 2.13. The Labute approximate surface area is 293 Å².